The second kappa shape index (κ2) is 13.1. The van der Waals surface area contributed by atoms with Crippen molar-refractivity contribution in [1.82, 2.24) is 9.80 Å². The largest absolute Gasteiger partial charge is 0.493 e. The fraction of sp³-hybridized carbons (Fsp3) is 0.533. The van der Waals surface area contributed by atoms with Gasteiger partial charge in [-0.15, -0.1) is 0 Å². The van der Waals surface area contributed by atoms with Crippen LogP contribution in [0.3, 0.4) is 0 Å². The van der Waals surface area contributed by atoms with Crippen LogP contribution in [0.2, 0.25) is 0 Å². The van der Waals surface area contributed by atoms with Gasteiger partial charge in [-0.25, -0.2) is 0 Å². The van der Waals surface area contributed by atoms with Gasteiger partial charge in [-0.05, 0) is 48.2 Å². The monoisotopic (exact) mass is 540 g/mol. The number of hydrogen-bond donors (Lipinski definition) is 1. The van der Waals surface area contributed by atoms with Crippen LogP contribution in [0, 0.1) is 5.92 Å². The van der Waals surface area contributed by atoms with Gasteiger partial charge in [0.15, 0.2) is 23.0 Å². The van der Waals surface area contributed by atoms with Gasteiger partial charge in [0.25, 0.3) is 0 Å². The highest BCUT2D eigenvalue weighted by molar-refractivity contribution is 5.79. The molecule has 2 aromatic carbocycles. The summed E-state index contributed by atoms with van der Waals surface area (Å²) in [5.74, 6) is 0.294. The number of unbranched alkanes of at least 4 members (excludes halogenated alkanes) is 2. The number of methoxy groups -OCH3 is 2. The van der Waals surface area contributed by atoms with Gasteiger partial charge < -0.3 is 29.0 Å². The van der Waals surface area contributed by atoms with E-state index in [4.69, 9.17) is 18.9 Å². The molecule has 0 saturated carbocycles. The third-order valence-corrected chi connectivity index (χ3v) is 7.71. The van der Waals surface area contributed by atoms with Gasteiger partial charge in [0.2, 0.25) is 12.7 Å². The van der Waals surface area contributed by atoms with Gasteiger partial charge >= 0.3 is 5.97 Å². The molecule has 1 N–H and O–H groups in total. The van der Waals surface area contributed by atoms with Gasteiger partial charge in [-0.3, -0.25) is 14.5 Å². The van der Waals surface area contributed by atoms with Crippen molar-refractivity contribution >= 4 is 11.9 Å². The zero-order valence-electron chi connectivity index (χ0n) is 23.4. The molecular weight excluding hydrogens is 500 g/mol. The molecule has 212 valence electrons. The number of benzene rings is 2. The van der Waals surface area contributed by atoms with E-state index in [1.54, 1.807) is 20.3 Å². The maximum Gasteiger partial charge on any atom is 0.309 e. The highest BCUT2D eigenvalue weighted by Crippen LogP contribution is 2.48. The number of carboxylic acids is 1. The molecule has 1 saturated heterocycles. The van der Waals surface area contributed by atoms with E-state index in [0.717, 1.165) is 36.8 Å². The minimum absolute atomic E-state index is 0.0258. The van der Waals surface area contributed by atoms with Crippen LogP contribution >= 0.6 is 0 Å². The molecule has 3 unspecified atom stereocenters. The lowest BCUT2D eigenvalue weighted by Crippen LogP contribution is -2.42. The van der Waals surface area contributed by atoms with E-state index in [1.165, 1.54) is 0 Å². The van der Waals surface area contributed by atoms with Crippen molar-refractivity contribution in [3.63, 3.8) is 0 Å². The number of aliphatic carboxylic acids is 1. The first-order valence-electron chi connectivity index (χ1n) is 13.8. The maximum atomic E-state index is 13.6. The highest BCUT2D eigenvalue weighted by Gasteiger charge is 2.48. The van der Waals surface area contributed by atoms with Crippen molar-refractivity contribution in [1.29, 1.82) is 0 Å². The van der Waals surface area contributed by atoms with E-state index in [2.05, 4.69) is 13.8 Å². The number of hydrogen-bond acceptors (Lipinski definition) is 7. The van der Waals surface area contributed by atoms with Gasteiger partial charge in [0.1, 0.15) is 0 Å². The average molecular weight is 541 g/mol. The van der Waals surface area contributed by atoms with E-state index in [1.807, 2.05) is 40.1 Å². The summed E-state index contributed by atoms with van der Waals surface area (Å²) in [6.07, 6.45) is 3.88. The second-order valence-corrected chi connectivity index (χ2v) is 10.2. The first kappa shape index (κ1) is 28.5. The van der Waals surface area contributed by atoms with E-state index < -0.39 is 17.9 Å². The molecule has 0 bridgehead atoms. The van der Waals surface area contributed by atoms with Crippen LogP contribution < -0.4 is 18.9 Å². The predicted octanol–water partition coefficient (Wildman–Crippen LogP) is 4.70. The molecule has 1 amide bonds. The van der Waals surface area contributed by atoms with Crippen molar-refractivity contribution in [3.05, 3.63) is 47.5 Å². The number of carboxylic acid groups (broad SMARTS) is 1. The summed E-state index contributed by atoms with van der Waals surface area (Å²) in [6.45, 7) is 6.34. The number of likely N-dealkylation sites (tertiary alicyclic amines) is 1. The number of carbonyl (C=O) groups excluding carboxylic acids is 1. The molecule has 39 heavy (non-hydrogen) atoms. The molecule has 3 atom stereocenters. The summed E-state index contributed by atoms with van der Waals surface area (Å²) < 4.78 is 22.0. The Balaban J connectivity index is 1.72. The summed E-state index contributed by atoms with van der Waals surface area (Å²) in [5, 5.41) is 10.6. The quantitative estimate of drug-likeness (QED) is 0.390. The molecule has 0 spiro atoms. The van der Waals surface area contributed by atoms with Crippen LogP contribution in [-0.4, -0.2) is 74.0 Å². The number of ether oxygens (including phenoxy) is 4. The lowest BCUT2D eigenvalue weighted by atomic mass is 9.82. The molecule has 2 aliphatic rings. The topological polar surface area (TPSA) is 97.8 Å². The second-order valence-electron chi connectivity index (χ2n) is 10.2. The molecule has 0 aromatic heterocycles. The number of rotatable bonds is 13. The standard InChI is InChI=1S/C30H40N2O7/c1-5-7-13-31(14-8-6-2)27(33)18-32-17-22(20-9-12-24-26(15-20)39-19-38-24)28(30(34)35)29(32)21-10-11-23(36-3)25(16-21)37-4/h9-12,15-16,22,28-29H,5-8,13-14,17-19H2,1-4H3,(H,34,35). The van der Waals surface area contributed by atoms with Crippen molar-refractivity contribution in [2.75, 3.05) is 47.2 Å². The van der Waals surface area contributed by atoms with Crippen molar-refractivity contribution in [3.8, 4) is 23.0 Å². The number of nitrogens with zero attached hydrogens (tertiary/aromatic N) is 2. The van der Waals surface area contributed by atoms with Crippen molar-refractivity contribution < 1.29 is 33.6 Å². The molecule has 0 radical (unpaired) electrons. The summed E-state index contributed by atoms with van der Waals surface area (Å²) in [7, 11) is 3.12. The average Bonchev–Trinajstić information content (AvgIpc) is 3.57. The Morgan fingerprint density at radius 3 is 2.26 bits per heavy atom. The Morgan fingerprint density at radius 2 is 1.62 bits per heavy atom. The number of fused-ring (bicyclic) bond motifs is 1. The van der Waals surface area contributed by atoms with E-state index in [0.29, 0.717) is 42.6 Å². The van der Waals surface area contributed by atoms with Gasteiger partial charge in [-0.1, -0.05) is 38.8 Å². The summed E-state index contributed by atoms with van der Waals surface area (Å²) in [6, 6.07) is 10.5. The molecular formula is C30H40N2O7. The van der Waals surface area contributed by atoms with Crippen LogP contribution in [0.4, 0.5) is 0 Å². The van der Waals surface area contributed by atoms with Crippen LogP contribution in [-0.2, 0) is 9.59 Å². The maximum absolute atomic E-state index is 13.6. The zero-order valence-corrected chi connectivity index (χ0v) is 23.4. The summed E-state index contributed by atoms with van der Waals surface area (Å²) in [5.41, 5.74) is 1.62. The first-order valence-corrected chi connectivity index (χ1v) is 13.8. The van der Waals surface area contributed by atoms with Crippen molar-refractivity contribution in [2.24, 2.45) is 5.92 Å². The Kier molecular flexibility index (Phi) is 9.56. The predicted molar refractivity (Wildman–Crippen MR) is 147 cm³/mol. The van der Waals surface area contributed by atoms with E-state index in [-0.39, 0.29) is 25.2 Å². The van der Waals surface area contributed by atoms with Crippen LogP contribution in [0.25, 0.3) is 0 Å². The minimum Gasteiger partial charge on any atom is -0.493 e. The van der Waals surface area contributed by atoms with E-state index in [9.17, 15) is 14.7 Å². The molecule has 9 heteroatoms. The first-order chi connectivity index (χ1) is 18.9. The van der Waals surface area contributed by atoms with Gasteiger partial charge in [-0.2, -0.15) is 0 Å². The Labute approximate surface area is 230 Å². The Hall–Kier alpha value is -3.46. The Morgan fingerprint density at radius 1 is 0.949 bits per heavy atom. The molecule has 1 fully saturated rings. The number of amides is 1. The molecule has 2 heterocycles. The third kappa shape index (κ3) is 6.24. The lowest BCUT2D eigenvalue weighted by Gasteiger charge is -2.30. The van der Waals surface area contributed by atoms with Crippen LogP contribution in [0.5, 0.6) is 23.0 Å². The zero-order chi connectivity index (χ0) is 27.9. The van der Waals surface area contributed by atoms with Crippen LogP contribution in [0.1, 0.15) is 62.6 Å². The normalized spacial score (nSPS) is 20.2. The molecule has 0 aliphatic carbocycles. The smallest absolute Gasteiger partial charge is 0.309 e. The molecule has 2 aliphatic heterocycles. The highest BCUT2D eigenvalue weighted by atomic mass is 16.7. The fourth-order valence-corrected chi connectivity index (χ4v) is 5.64. The Bertz CT molecular complexity index is 1150. The SMILES string of the molecule is CCCCN(CCCC)C(=O)CN1CC(c2ccc3c(c2)OCO3)C(C(=O)O)C1c1ccc(OC)c(OC)c1. The minimum atomic E-state index is -0.916. The van der Waals surface area contributed by atoms with Crippen molar-refractivity contribution in [2.45, 2.75) is 51.5 Å². The third-order valence-electron chi connectivity index (χ3n) is 7.71. The van der Waals surface area contributed by atoms with Crippen LogP contribution in [0.15, 0.2) is 36.4 Å². The van der Waals surface area contributed by atoms with E-state index >= 15 is 0 Å². The molecule has 4 rings (SSSR count). The van der Waals surface area contributed by atoms with Gasteiger partial charge in [0.05, 0.1) is 26.7 Å². The summed E-state index contributed by atoms with van der Waals surface area (Å²) in [4.78, 5) is 30.5. The van der Waals surface area contributed by atoms with Gasteiger partial charge in [0, 0.05) is 31.6 Å². The fourth-order valence-electron chi connectivity index (χ4n) is 5.64. The molecule has 2 aromatic rings. The summed E-state index contributed by atoms with van der Waals surface area (Å²) >= 11 is 0. The molecule has 9 nitrogen and oxygen atoms in total. The lowest BCUT2D eigenvalue weighted by molar-refractivity contribution is -0.144. The number of carbonyl (C=O) groups is 2.